The average Bonchev–Trinajstić information content (AvgIpc) is 3.45. The maximum Gasteiger partial charge on any atom is 0.291 e. The van der Waals surface area contributed by atoms with Crippen molar-refractivity contribution in [1.82, 2.24) is 4.90 Å². The zero-order valence-corrected chi connectivity index (χ0v) is 17.1. The third-order valence-electron chi connectivity index (χ3n) is 5.56. The molecule has 2 aliphatic heterocycles. The summed E-state index contributed by atoms with van der Waals surface area (Å²) in [6, 6.07) is 15.3. The molecule has 0 radical (unpaired) electrons. The van der Waals surface area contributed by atoms with Gasteiger partial charge in [0.15, 0.2) is 10.6 Å². The molecule has 1 spiro atoms. The van der Waals surface area contributed by atoms with Crippen molar-refractivity contribution < 1.29 is 18.4 Å². The van der Waals surface area contributed by atoms with Crippen LogP contribution < -0.4 is 4.90 Å². The Morgan fingerprint density at radius 3 is 2.83 bits per heavy atom. The summed E-state index contributed by atoms with van der Waals surface area (Å²) in [7, 11) is 0. The Labute approximate surface area is 177 Å². The van der Waals surface area contributed by atoms with Crippen molar-refractivity contribution in [2.75, 3.05) is 17.2 Å². The fraction of sp³-hybridized carbons (Fsp3) is 0.217. The van der Waals surface area contributed by atoms with Gasteiger partial charge in [-0.25, -0.2) is 4.39 Å². The van der Waals surface area contributed by atoms with Gasteiger partial charge in [0.1, 0.15) is 5.82 Å². The molecule has 2 aliphatic rings. The van der Waals surface area contributed by atoms with Gasteiger partial charge < -0.3 is 14.2 Å². The van der Waals surface area contributed by atoms with Crippen LogP contribution in [0.25, 0.3) is 0 Å². The Balaban J connectivity index is 1.61. The minimum atomic E-state index is -1.14. The largest absolute Gasteiger partial charge is 0.459 e. The van der Waals surface area contributed by atoms with Crippen molar-refractivity contribution in [2.24, 2.45) is 0 Å². The van der Waals surface area contributed by atoms with E-state index >= 15 is 0 Å². The first-order valence-electron chi connectivity index (χ1n) is 9.68. The molecule has 2 amide bonds. The van der Waals surface area contributed by atoms with Crippen molar-refractivity contribution in [1.29, 1.82) is 0 Å². The van der Waals surface area contributed by atoms with Crippen LogP contribution in [0.3, 0.4) is 0 Å². The molecular weight excluding hydrogens is 403 g/mol. The molecule has 0 saturated carbocycles. The first-order chi connectivity index (χ1) is 14.5. The molecule has 7 heteroatoms. The Bertz CT molecular complexity index is 1150. The van der Waals surface area contributed by atoms with Crippen molar-refractivity contribution >= 4 is 29.3 Å². The van der Waals surface area contributed by atoms with Gasteiger partial charge in [-0.15, -0.1) is 11.8 Å². The van der Waals surface area contributed by atoms with Gasteiger partial charge in [0.25, 0.3) is 11.8 Å². The molecular formula is C23H19FN2O3S. The molecule has 30 heavy (non-hydrogen) atoms. The highest BCUT2D eigenvalue weighted by molar-refractivity contribution is 8.01. The third kappa shape index (κ3) is 2.76. The number of carbonyl (C=O) groups is 2. The molecule has 0 aliphatic carbocycles. The molecule has 5 nitrogen and oxygen atoms in total. The van der Waals surface area contributed by atoms with E-state index in [1.807, 2.05) is 25.1 Å². The topological polar surface area (TPSA) is 53.8 Å². The number of thioether (sulfide) groups is 1. The van der Waals surface area contributed by atoms with E-state index in [1.165, 1.54) is 30.2 Å². The molecule has 3 heterocycles. The fourth-order valence-electron chi connectivity index (χ4n) is 4.24. The predicted molar refractivity (Wildman–Crippen MR) is 113 cm³/mol. The van der Waals surface area contributed by atoms with Crippen LogP contribution in [0.1, 0.15) is 27.2 Å². The number of amides is 2. The predicted octanol–water partition coefficient (Wildman–Crippen LogP) is 4.32. The smallest absolute Gasteiger partial charge is 0.291 e. The van der Waals surface area contributed by atoms with E-state index in [0.29, 0.717) is 17.9 Å². The molecule has 1 unspecified atom stereocenters. The number of anilines is 1. The van der Waals surface area contributed by atoms with E-state index in [4.69, 9.17) is 4.42 Å². The summed E-state index contributed by atoms with van der Waals surface area (Å²) < 4.78 is 19.1. The zero-order valence-electron chi connectivity index (χ0n) is 16.3. The van der Waals surface area contributed by atoms with Gasteiger partial charge in [0.05, 0.1) is 18.5 Å². The van der Waals surface area contributed by atoms with Crippen LogP contribution in [0, 0.1) is 12.7 Å². The molecule has 0 N–H and O–H groups in total. The lowest BCUT2D eigenvalue weighted by molar-refractivity contribution is -0.123. The first-order valence-corrected chi connectivity index (χ1v) is 10.7. The maximum absolute atomic E-state index is 13.9. The van der Waals surface area contributed by atoms with Crippen LogP contribution >= 0.6 is 11.8 Å². The van der Waals surface area contributed by atoms with Crippen LogP contribution in [-0.2, 0) is 16.2 Å². The van der Waals surface area contributed by atoms with Gasteiger partial charge in [0.2, 0.25) is 0 Å². The number of carbonyl (C=O) groups excluding carboxylic acids is 2. The number of halogens is 1. The van der Waals surface area contributed by atoms with Gasteiger partial charge >= 0.3 is 0 Å². The van der Waals surface area contributed by atoms with Crippen molar-refractivity contribution in [2.45, 2.75) is 18.3 Å². The molecule has 1 fully saturated rings. The number of furan rings is 1. The van der Waals surface area contributed by atoms with Gasteiger partial charge in [-0.05, 0) is 42.8 Å². The first kappa shape index (κ1) is 18.9. The minimum Gasteiger partial charge on any atom is -0.459 e. The minimum absolute atomic E-state index is 0.185. The van der Waals surface area contributed by atoms with E-state index in [2.05, 4.69) is 0 Å². The lowest BCUT2D eigenvalue weighted by Gasteiger charge is -2.32. The van der Waals surface area contributed by atoms with E-state index in [1.54, 1.807) is 34.1 Å². The quantitative estimate of drug-likeness (QED) is 0.631. The van der Waals surface area contributed by atoms with Crippen molar-refractivity contribution in [3.63, 3.8) is 0 Å². The summed E-state index contributed by atoms with van der Waals surface area (Å²) in [6.07, 6.45) is 1.45. The molecule has 1 saturated heterocycles. The van der Waals surface area contributed by atoms with Crippen LogP contribution in [0.2, 0.25) is 0 Å². The highest BCUT2D eigenvalue weighted by Crippen LogP contribution is 2.55. The second-order valence-corrected chi connectivity index (χ2v) is 8.76. The van der Waals surface area contributed by atoms with Gasteiger partial charge in [-0.2, -0.15) is 0 Å². The molecule has 1 aromatic heterocycles. The Hall–Kier alpha value is -3.06. The Morgan fingerprint density at radius 1 is 1.20 bits per heavy atom. The average molecular weight is 422 g/mol. The molecule has 152 valence electrons. The summed E-state index contributed by atoms with van der Waals surface area (Å²) in [5.74, 6) is 0.0119. The highest BCUT2D eigenvalue weighted by atomic mass is 32.2. The number of rotatable bonds is 3. The lowest BCUT2D eigenvalue weighted by Crippen LogP contribution is -2.50. The van der Waals surface area contributed by atoms with E-state index in [0.717, 1.165) is 16.8 Å². The van der Waals surface area contributed by atoms with Crippen LogP contribution in [0.5, 0.6) is 0 Å². The van der Waals surface area contributed by atoms with Crippen LogP contribution in [0.4, 0.5) is 10.1 Å². The number of aryl methyl sites for hydroxylation is 1. The summed E-state index contributed by atoms with van der Waals surface area (Å²) >= 11 is 1.46. The highest BCUT2D eigenvalue weighted by Gasteiger charge is 2.59. The van der Waals surface area contributed by atoms with Gasteiger partial charge in [0, 0.05) is 17.9 Å². The molecule has 0 bridgehead atoms. The van der Waals surface area contributed by atoms with Crippen LogP contribution in [-0.4, -0.2) is 29.0 Å². The summed E-state index contributed by atoms with van der Waals surface area (Å²) in [4.78, 5) is 29.2. The lowest BCUT2D eigenvalue weighted by atomic mass is 10.0. The molecule has 5 rings (SSSR count). The summed E-state index contributed by atoms with van der Waals surface area (Å²) in [5.41, 5.74) is 3.25. The Morgan fingerprint density at radius 2 is 2.07 bits per heavy atom. The van der Waals surface area contributed by atoms with E-state index in [9.17, 15) is 14.0 Å². The summed E-state index contributed by atoms with van der Waals surface area (Å²) in [5, 5.41) is 0. The number of hydrogen-bond acceptors (Lipinski definition) is 4. The zero-order chi connectivity index (χ0) is 20.9. The Kier molecular flexibility index (Phi) is 4.43. The second-order valence-electron chi connectivity index (χ2n) is 7.47. The molecule has 3 aromatic rings. The number of hydrogen-bond donors (Lipinski definition) is 0. The van der Waals surface area contributed by atoms with Gasteiger partial charge in [-0.1, -0.05) is 29.8 Å². The van der Waals surface area contributed by atoms with Crippen LogP contribution in [0.15, 0.2) is 65.3 Å². The van der Waals surface area contributed by atoms with Crippen molar-refractivity contribution in [3.05, 3.63) is 89.1 Å². The van der Waals surface area contributed by atoms with E-state index in [-0.39, 0.29) is 29.9 Å². The standard InChI is InChI=1S/C23H19FN2O3S/c1-15-7-8-19-18(12-15)23(22(28)25(19)14-16-4-2-5-17(24)13-16)26(9-11-30-23)21(27)20-6-3-10-29-20/h2-8,10,12-13H,9,11,14H2,1H3. The third-order valence-corrected chi connectivity index (χ3v) is 6.98. The van der Waals surface area contributed by atoms with E-state index < -0.39 is 4.87 Å². The summed E-state index contributed by atoms with van der Waals surface area (Å²) in [6.45, 7) is 2.64. The maximum atomic E-state index is 13.9. The van der Waals surface area contributed by atoms with Gasteiger partial charge in [-0.3, -0.25) is 9.59 Å². The number of nitrogens with zero attached hydrogens (tertiary/aromatic N) is 2. The normalized spacial score (nSPS) is 20.3. The number of fused-ring (bicyclic) bond motifs is 2. The fourth-order valence-corrected chi connectivity index (χ4v) is 5.69. The molecule has 1 atom stereocenters. The SMILES string of the molecule is Cc1ccc2c(c1)C1(SCCN1C(=O)c1ccco1)C(=O)N2Cc1cccc(F)c1. The monoisotopic (exact) mass is 422 g/mol. The second kappa shape index (κ2) is 7.02. The molecule has 2 aromatic carbocycles. The number of benzene rings is 2. The van der Waals surface area contributed by atoms with Crippen molar-refractivity contribution in [3.8, 4) is 0 Å².